The van der Waals surface area contributed by atoms with Crippen LogP contribution in [0.5, 0.6) is 0 Å². The molecule has 0 N–H and O–H groups in total. The van der Waals surface area contributed by atoms with E-state index in [2.05, 4.69) is 12.0 Å². The average Bonchev–Trinajstić information content (AvgIpc) is 3.22. The van der Waals surface area contributed by atoms with Gasteiger partial charge in [0.15, 0.2) is 0 Å². The molecule has 1 aromatic heterocycles. The number of carbonyl (C=O) groups is 1. The molecule has 1 aliphatic carbocycles. The lowest BCUT2D eigenvalue weighted by atomic mass is 10.1. The molecule has 1 heterocycles. The van der Waals surface area contributed by atoms with Gasteiger partial charge in [0.05, 0.1) is 6.20 Å². The zero-order valence-corrected chi connectivity index (χ0v) is 14.5. The van der Waals surface area contributed by atoms with E-state index < -0.39 is 0 Å². The highest BCUT2D eigenvalue weighted by Gasteiger charge is 2.46. The summed E-state index contributed by atoms with van der Waals surface area (Å²) >= 11 is 5.92. The molecule has 23 heavy (non-hydrogen) atoms. The van der Waals surface area contributed by atoms with Crippen LogP contribution in [0.4, 0.5) is 0 Å². The van der Waals surface area contributed by atoms with Crippen LogP contribution in [0.15, 0.2) is 36.7 Å². The Labute approximate surface area is 142 Å². The van der Waals surface area contributed by atoms with E-state index in [1.165, 1.54) is 11.1 Å². The van der Waals surface area contributed by atoms with Gasteiger partial charge in [-0.05, 0) is 48.9 Å². The minimum absolute atomic E-state index is 0.108. The van der Waals surface area contributed by atoms with Crippen LogP contribution in [0, 0.1) is 5.92 Å². The van der Waals surface area contributed by atoms with Gasteiger partial charge in [-0.1, -0.05) is 23.7 Å². The van der Waals surface area contributed by atoms with Gasteiger partial charge < -0.3 is 4.90 Å². The maximum Gasteiger partial charge on any atom is 0.226 e. The lowest BCUT2D eigenvalue weighted by Crippen LogP contribution is -2.37. The molecule has 122 valence electrons. The maximum atomic E-state index is 12.7. The molecule has 3 atom stereocenters. The normalized spacial score (nSPS) is 21.0. The second-order valence-electron chi connectivity index (χ2n) is 6.52. The van der Waals surface area contributed by atoms with Crippen LogP contribution in [0.1, 0.15) is 30.4 Å². The molecule has 2 aromatic rings. The average molecular weight is 332 g/mol. The highest BCUT2D eigenvalue weighted by atomic mass is 35.5. The molecule has 4 nitrogen and oxygen atoms in total. The first-order valence-corrected chi connectivity index (χ1v) is 8.33. The predicted octanol–water partition coefficient (Wildman–Crippen LogP) is 3.27. The summed E-state index contributed by atoms with van der Waals surface area (Å²) in [6.07, 6.45) is 5.65. The third kappa shape index (κ3) is 3.58. The van der Waals surface area contributed by atoms with Gasteiger partial charge in [0.2, 0.25) is 5.91 Å². The molecule has 0 unspecified atom stereocenters. The van der Waals surface area contributed by atoms with E-state index in [-0.39, 0.29) is 17.9 Å². The highest BCUT2D eigenvalue weighted by Crippen LogP contribution is 2.48. The zero-order valence-electron chi connectivity index (χ0n) is 13.7. The lowest BCUT2D eigenvalue weighted by Gasteiger charge is -2.25. The van der Waals surface area contributed by atoms with E-state index in [0.717, 1.165) is 17.9 Å². The van der Waals surface area contributed by atoms with Crippen LogP contribution in [0.3, 0.4) is 0 Å². The SMILES string of the molecule is C[C@H](Cc1ccc(Cl)cc1)N(C)C(=O)[C@@H]1C[C@H]1c1cnn(C)c1. The van der Waals surface area contributed by atoms with Gasteiger partial charge in [-0.3, -0.25) is 9.48 Å². The summed E-state index contributed by atoms with van der Waals surface area (Å²) in [5.74, 6) is 0.679. The number of aryl methyl sites for hydroxylation is 1. The van der Waals surface area contributed by atoms with Crippen molar-refractivity contribution in [3.8, 4) is 0 Å². The first-order chi connectivity index (χ1) is 11.0. The van der Waals surface area contributed by atoms with E-state index in [4.69, 9.17) is 11.6 Å². The van der Waals surface area contributed by atoms with Crippen LogP contribution in [0.25, 0.3) is 0 Å². The monoisotopic (exact) mass is 331 g/mol. The van der Waals surface area contributed by atoms with Gasteiger partial charge in [-0.15, -0.1) is 0 Å². The predicted molar refractivity (Wildman–Crippen MR) is 91.4 cm³/mol. The van der Waals surface area contributed by atoms with Crippen LogP contribution in [-0.4, -0.2) is 33.7 Å². The second-order valence-corrected chi connectivity index (χ2v) is 6.96. The number of aromatic nitrogens is 2. The minimum Gasteiger partial charge on any atom is -0.342 e. The maximum absolute atomic E-state index is 12.7. The topological polar surface area (TPSA) is 38.1 Å². The smallest absolute Gasteiger partial charge is 0.226 e. The summed E-state index contributed by atoms with van der Waals surface area (Å²) in [5, 5.41) is 4.93. The Kier molecular flexibility index (Phi) is 4.44. The Hall–Kier alpha value is -1.81. The summed E-state index contributed by atoms with van der Waals surface area (Å²) < 4.78 is 1.79. The van der Waals surface area contributed by atoms with Gasteiger partial charge in [-0.25, -0.2) is 0 Å². The third-order valence-corrected chi connectivity index (χ3v) is 4.97. The van der Waals surface area contributed by atoms with Crippen molar-refractivity contribution in [2.75, 3.05) is 7.05 Å². The Morgan fingerprint density at radius 3 is 2.74 bits per heavy atom. The van der Waals surface area contributed by atoms with Crippen LogP contribution in [-0.2, 0) is 18.3 Å². The molecule has 1 amide bonds. The molecule has 1 aromatic carbocycles. The molecule has 1 fully saturated rings. The van der Waals surface area contributed by atoms with Crippen molar-refractivity contribution in [3.05, 3.63) is 52.8 Å². The molecule has 0 saturated heterocycles. The largest absolute Gasteiger partial charge is 0.342 e. The fourth-order valence-corrected chi connectivity index (χ4v) is 3.17. The molecule has 1 saturated carbocycles. The van der Waals surface area contributed by atoms with Crippen molar-refractivity contribution in [1.29, 1.82) is 0 Å². The number of likely N-dealkylation sites (N-methyl/N-ethyl adjacent to an activating group) is 1. The third-order valence-electron chi connectivity index (χ3n) is 4.71. The number of amides is 1. The van der Waals surface area contributed by atoms with E-state index in [1.807, 2.05) is 55.7 Å². The van der Waals surface area contributed by atoms with Gasteiger partial charge in [0.25, 0.3) is 0 Å². The molecule has 0 spiro atoms. The fourth-order valence-electron chi connectivity index (χ4n) is 3.05. The number of halogens is 1. The molecule has 0 bridgehead atoms. The minimum atomic E-state index is 0.108. The summed E-state index contributed by atoms with van der Waals surface area (Å²) in [6.45, 7) is 2.09. The van der Waals surface area contributed by atoms with Gasteiger partial charge >= 0.3 is 0 Å². The Bertz CT molecular complexity index is 695. The van der Waals surface area contributed by atoms with Crippen LogP contribution < -0.4 is 0 Å². The Morgan fingerprint density at radius 2 is 2.13 bits per heavy atom. The number of hydrogen-bond acceptors (Lipinski definition) is 2. The van der Waals surface area contributed by atoms with Crippen molar-refractivity contribution in [1.82, 2.24) is 14.7 Å². The number of hydrogen-bond donors (Lipinski definition) is 0. The first kappa shape index (κ1) is 16.1. The number of rotatable bonds is 5. The summed E-state index contributed by atoms with van der Waals surface area (Å²) in [6, 6.07) is 7.99. The molecular formula is C18H22ClN3O. The van der Waals surface area contributed by atoms with Gasteiger partial charge in [0.1, 0.15) is 0 Å². The quantitative estimate of drug-likeness (QED) is 0.843. The molecule has 0 radical (unpaired) electrons. The number of carbonyl (C=O) groups excluding carboxylic acids is 1. The second kappa shape index (κ2) is 6.36. The Balaban J connectivity index is 1.58. The van der Waals surface area contributed by atoms with Crippen molar-refractivity contribution in [2.24, 2.45) is 13.0 Å². The standard InChI is InChI=1S/C18H22ClN3O/c1-12(8-13-4-6-15(19)7-5-13)22(3)18(23)17-9-16(17)14-10-20-21(2)11-14/h4-7,10-12,16-17H,8-9H2,1-3H3/t12-,16+,17-/m1/s1. The van der Waals surface area contributed by atoms with E-state index >= 15 is 0 Å². The van der Waals surface area contributed by atoms with Crippen molar-refractivity contribution in [2.45, 2.75) is 31.7 Å². The molecule has 5 heteroatoms. The van der Waals surface area contributed by atoms with E-state index in [1.54, 1.807) is 4.68 Å². The molecule has 3 rings (SSSR count). The summed E-state index contributed by atoms with van der Waals surface area (Å²) in [4.78, 5) is 14.5. The molecule has 1 aliphatic rings. The highest BCUT2D eigenvalue weighted by molar-refractivity contribution is 6.30. The number of benzene rings is 1. The first-order valence-electron chi connectivity index (χ1n) is 7.95. The summed E-state index contributed by atoms with van der Waals surface area (Å²) in [5.41, 5.74) is 2.37. The van der Waals surface area contributed by atoms with E-state index in [9.17, 15) is 4.79 Å². The lowest BCUT2D eigenvalue weighted by molar-refractivity contribution is -0.133. The molecule has 0 aliphatic heterocycles. The van der Waals surface area contributed by atoms with Crippen molar-refractivity contribution >= 4 is 17.5 Å². The van der Waals surface area contributed by atoms with Gasteiger partial charge in [0, 0.05) is 37.3 Å². The Morgan fingerprint density at radius 1 is 1.43 bits per heavy atom. The molecular weight excluding hydrogens is 310 g/mol. The fraction of sp³-hybridized carbons (Fsp3) is 0.444. The van der Waals surface area contributed by atoms with Crippen LogP contribution >= 0.6 is 11.6 Å². The zero-order chi connectivity index (χ0) is 16.6. The summed E-state index contributed by atoms with van der Waals surface area (Å²) in [7, 11) is 3.81. The van der Waals surface area contributed by atoms with Crippen molar-refractivity contribution in [3.63, 3.8) is 0 Å². The van der Waals surface area contributed by atoms with Crippen molar-refractivity contribution < 1.29 is 4.79 Å². The van der Waals surface area contributed by atoms with Crippen LogP contribution in [0.2, 0.25) is 5.02 Å². The van der Waals surface area contributed by atoms with E-state index in [0.29, 0.717) is 5.92 Å². The van der Waals surface area contributed by atoms with Gasteiger partial charge in [-0.2, -0.15) is 5.10 Å². The number of nitrogens with zero attached hydrogens (tertiary/aromatic N) is 3.